The molecular formula is C19H38BaO4. The molecule has 2 atom stereocenters. The quantitative estimate of drug-likeness (QED) is 0.197. The first-order valence-corrected chi connectivity index (χ1v) is 9.43. The van der Waals surface area contributed by atoms with Crippen molar-refractivity contribution in [1.29, 1.82) is 0 Å². The zero-order valence-electron chi connectivity index (χ0n) is 17.9. The SMILES string of the molecule is CCCCCCC(CC(C(=O)O)C(=O)O)C(CC)CCCCC.[Ba+2].[H-].[H-]. The molecule has 0 aliphatic carbocycles. The van der Waals surface area contributed by atoms with E-state index >= 15 is 0 Å². The van der Waals surface area contributed by atoms with Crippen molar-refractivity contribution in [2.24, 2.45) is 17.8 Å². The van der Waals surface area contributed by atoms with Gasteiger partial charge in [0.25, 0.3) is 0 Å². The topological polar surface area (TPSA) is 74.6 Å². The maximum absolute atomic E-state index is 11.2. The number of carboxylic acids is 2. The predicted molar refractivity (Wildman–Crippen MR) is 102 cm³/mol. The maximum Gasteiger partial charge on any atom is 2.00 e. The molecule has 0 heterocycles. The van der Waals surface area contributed by atoms with Crippen LogP contribution in [-0.2, 0) is 9.59 Å². The molecule has 2 N–H and O–H groups in total. The van der Waals surface area contributed by atoms with E-state index in [4.69, 9.17) is 0 Å². The minimum Gasteiger partial charge on any atom is -1.00 e. The van der Waals surface area contributed by atoms with Gasteiger partial charge in [-0.1, -0.05) is 85.0 Å². The van der Waals surface area contributed by atoms with E-state index < -0.39 is 17.9 Å². The van der Waals surface area contributed by atoms with E-state index in [0.29, 0.717) is 5.92 Å². The van der Waals surface area contributed by atoms with Crippen LogP contribution in [0.3, 0.4) is 0 Å². The van der Waals surface area contributed by atoms with Gasteiger partial charge in [-0.2, -0.15) is 0 Å². The summed E-state index contributed by atoms with van der Waals surface area (Å²) in [5, 5.41) is 18.4. The Labute approximate surface area is 191 Å². The predicted octanol–water partition coefficient (Wildman–Crippen LogP) is 5.20. The molecule has 0 spiro atoms. The van der Waals surface area contributed by atoms with Crippen LogP contribution in [0.1, 0.15) is 94.3 Å². The first kappa shape index (κ1) is 26.7. The Morgan fingerprint density at radius 3 is 1.71 bits per heavy atom. The number of unbranched alkanes of at least 4 members (excludes halogenated alkanes) is 5. The van der Waals surface area contributed by atoms with E-state index in [1.807, 2.05) is 0 Å². The smallest absolute Gasteiger partial charge is 1.00 e. The monoisotopic (exact) mass is 468 g/mol. The summed E-state index contributed by atoms with van der Waals surface area (Å²) in [6, 6.07) is 0. The zero-order valence-corrected chi connectivity index (χ0v) is 20.4. The van der Waals surface area contributed by atoms with Crippen LogP contribution < -0.4 is 0 Å². The van der Waals surface area contributed by atoms with Gasteiger partial charge in [-0.3, -0.25) is 9.59 Å². The van der Waals surface area contributed by atoms with Gasteiger partial charge in [0.1, 0.15) is 0 Å². The minimum atomic E-state index is -1.26. The number of hydrogen-bond donors (Lipinski definition) is 2. The second-order valence-electron chi connectivity index (χ2n) is 6.74. The van der Waals surface area contributed by atoms with E-state index in [1.165, 1.54) is 25.7 Å². The molecule has 0 bridgehead atoms. The Balaban J connectivity index is -0.000000807. The van der Waals surface area contributed by atoms with Gasteiger partial charge in [-0.05, 0) is 18.3 Å². The van der Waals surface area contributed by atoms with Gasteiger partial charge >= 0.3 is 60.8 Å². The molecular weight excluding hydrogens is 430 g/mol. The van der Waals surface area contributed by atoms with Crippen molar-refractivity contribution >= 4 is 60.8 Å². The summed E-state index contributed by atoms with van der Waals surface area (Å²) >= 11 is 0. The van der Waals surface area contributed by atoms with Crippen LogP contribution in [0.2, 0.25) is 0 Å². The Morgan fingerprint density at radius 2 is 1.25 bits per heavy atom. The summed E-state index contributed by atoms with van der Waals surface area (Å²) in [4.78, 5) is 22.5. The van der Waals surface area contributed by atoms with Crippen LogP contribution in [0.5, 0.6) is 0 Å². The van der Waals surface area contributed by atoms with Crippen molar-refractivity contribution in [1.82, 2.24) is 0 Å². The third-order valence-electron chi connectivity index (χ3n) is 4.93. The standard InChI is InChI=1S/C19H36O4.Ba.2H/c1-4-7-9-11-13-16(14-17(18(20)21)19(22)23)15(6-3)12-10-8-5-2;;;/h15-17H,4-14H2,1-3H3,(H,20,21)(H,22,23);;;/q;+2;2*-1. The van der Waals surface area contributed by atoms with Crippen molar-refractivity contribution in [2.45, 2.75) is 91.4 Å². The molecule has 2 unspecified atom stereocenters. The van der Waals surface area contributed by atoms with E-state index in [9.17, 15) is 19.8 Å². The van der Waals surface area contributed by atoms with Crippen LogP contribution in [-0.4, -0.2) is 71.0 Å². The van der Waals surface area contributed by atoms with Gasteiger partial charge in [0.05, 0.1) is 0 Å². The van der Waals surface area contributed by atoms with Crippen molar-refractivity contribution in [3.63, 3.8) is 0 Å². The summed E-state index contributed by atoms with van der Waals surface area (Å²) in [7, 11) is 0. The summed E-state index contributed by atoms with van der Waals surface area (Å²) in [6.45, 7) is 6.49. The van der Waals surface area contributed by atoms with Crippen LogP contribution in [0.15, 0.2) is 0 Å². The van der Waals surface area contributed by atoms with Crippen molar-refractivity contribution < 1.29 is 22.7 Å². The van der Waals surface area contributed by atoms with E-state index in [0.717, 1.165) is 38.5 Å². The van der Waals surface area contributed by atoms with Crippen LogP contribution in [0.4, 0.5) is 0 Å². The third-order valence-corrected chi connectivity index (χ3v) is 4.93. The van der Waals surface area contributed by atoms with Crippen LogP contribution in [0, 0.1) is 17.8 Å². The number of hydrogen-bond acceptors (Lipinski definition) is 2. The number of aliphatic carboxylic acids is 2. The van der Waals surface area contributed by atoms with Gasteiger partial charge in [-0.25, -0.2) is 0 Å². The Hall–Kier alpha value is 0.511. The van der Waals surface area contributed by atoms with Crippen molar-refractivity contribution in [2.75, 3.05) is 0 Å². The fourth-order valence-electron chi connectivity index (χ4n) is 3.42. The molecule has 0 saturated heterocycles. The minimum absolute atomic E-state index is 0. The average molecular weight is 468 g/mol. The van der Waals surface area contributed by atoms with E-state index in [1.54, 1.807) is 0 Å². The first-order valence-electron chi connectivity index (χ1n) is 9.43. The van der Waals surface area contributed by atoms with Crippen LogP contribution >= 0.6 is 0 Å². The van der Waals surface area contributed by atoms with E-state index in [-0.39, 0.29) is 64.1 Å². The molecule has 24 heavy (non-hydrogen) atoms. The van der Waals surface area contributed by atoms with Gasteiger partial charge in [0.15, 0.2) is 5.92 Å². The first-order chi connectivity index (χ1) is 11.0. The molecule has 5 heteroatoms. The summed E-state index contributed by atoms with van der Waals surface area (Å²) in [5.41, 5.74) is 0. The largest absolute Gasteiger partial charge is 2.00 e. The fraction of sp³-hybridized carbons (Fsp3) is 0.895. The Morgan fingerprint density at radius 1 is 0.792 bits per heavy atom. The summed E-state index contributed by atoms with van der Waals surface area (Å²) in [5.74, 6) is -2.99. The second-order valence-corrected chi connectivity index (χ2v) is 6.74. The van der Waals surface area contributed by atoms with Crippen molar-refractivity contribution in [3.05, 3.63) is 0 Å². The third kappa shape index (κ3) is 12.0. The van der Waals surface area contributed by atoms with Gasteiger partial charge in [0, 0.05) is 0 Å². The molecule has 4 nitrogen and oxygen atoms in total. The number of carbonyl (C=O) groups is 2. The molecule has 0 amide bonds. The van der Waals surface area contributed by atoms with Gasteiger partial charge in [0.2, 0.25) is 0 Å². The Bertz CT molecular complexity index is 330. The zero-order chi connectivity index (χ0) is 17.7. The molecule has 0 aliphatic rings. The summed E-state index contributed by atoms with van der Waals surface area (Å²) in [6.07, 6.45) is 11.5. The molecule has 0 rings (SSSR count). The average Bonchev–Trinajstić information content (AvgIpc) is 2.51. The molecule has 0 saturated carbocycles. The number of rotatable bonds is 15. The molecule has 0 radical (unpaired) electrons. The second kappa shape index (κ2) is 17.0. The van der Waals surface area contributed by atoms with Gasteiger partial charge < -0.3 is 13.1 Å². The number of carboxylic acid groups (broad SMARTS) is 2. The van der Waals surface area contributed by atoms with Crippen molar-refractivity contribution in [3.8, 4) is 0 Å². The molecule has 0 aromatic heterocycles. The fourth-order valence-corrected chi connectivity index (χ4v) is 3.42. The van der Waals surface area contributed by atoms with E-state index in [2.05, 4.69) is 20.8 Å². The molecule has 0 fully saturated rings. The summed E-state index contributed by atoms with van der Waals surface area (Å²) < 4.78 is 0. The molecule has 0 aromatic rings. The normalized spacial score (nSPS) is 13.3. The molecule has 0 aromatic carbocycles. The van der Waals surface area contributed by atoms with Gasteiger partial charge in [-0.15, -0.1) is 0 Å². The Kier molecular flexibility index (Phi) is 18.9. The molecule has 140 valence electrons. The van der Waals surface area contributed by atoms with Crippen LogP contribution in [0.25, 0.3) is 0 Å². The molecule has 0 aliphatic heterocycles. The maximum atomic E-state index is 11.2.